The number of hydrogen-bond acceptors (Lipinski definition) is 1. The summed E-state index contributed by atoms with van der Waals surface area (Å²) in [5.74, 6) is 1.04. The molecule has 1 aromatic rings. The Bertz CT molecular complexity index is 490. The molecule has 3 rings (SSSR count). The van der Waals surface area contributed by atoms with Crippen LogP contribution in [-0.4, -0.2) is 13.0 Å². The summed E-state index contributed by atoms with van der Waals surface area (Å²) in [4.78, 5) is 14.3. The number of carbonyl (C=O) groups excluding carboxylic acids is 1. The van der Waals surface area contributed by atoms with E-state index in [9.17, 15) is 4.79 Å². The molecule has 1 saturated carbocycles. The summed E-state index contributed by atoms with van der Waals surface area (Å²) in [5.41, 5.74) is 3.30. The highest BCUT2D eigenvalue weighted by molar-refractivity contribution is 6.07. The van der Waals surface area contributed by atoms with Gasteiger partial charge in [-0.2, -0.15) is 0 Å². The summed E-state index contributed by atoms with van der Waals surface area (Å²) >= 11 is 0. The second-order valence-electron chi connectivity index (χ2n) is 5.86. The molecule has 1 atom stereocenters. The van der Waals surface area contributed by atoms with Crippen molar-refractivity contribution in [1.29, 1.82) is 0 Å². The number of likely N-dealkylation sites (N-methyl/N-ethyl adjacent to an activating group) is 1. The van der Waals surface area contributed by atoms with Crippen LogP contribution in [0.5, 0.6) is 0 Å². The van der Waals surface area contributed by atoms with Crippen molar-refractivity contribution in [3.63, 3.8) is 0 Å². The maximum absolute atomic E-state index is 12.5. The topological polar surface area (TPSA) is 20.3 Å². The predicted molar refractivity (Wildman–Crippen MR) is 69.3 cm³/mol. The molecule has 0 N–H and O–H groups in total. The van der Waals surface area contributed by atoms with Crippen LogP contribution < -0.4 is 4.90 Å². The Morgan fingerprint density at radius 2 is 2.12 bits per heavy atom. The molecule has 1 amide bonds. The maximum atomic E-state index is 12.5. The highest BCUT2D eigenvalue weighted by Crippen LogP contribution is 2.49. The molecule has 0 radical (unpaired) electrons. The zero-order valence-electron chi connectivity index (χ0n) is 10.8. The van der Waals surface area contributed by atoms with Gasteiger partial charge >= 0.3 is 0 Å². The number of rotatable bonds is 2. The first-order valence-corrected chi connectivity index (χ1v) is 6.41. The average molecular weight is 229 g/mol. The minimum absolute atomic E-state index is 0.269. The number of aryl methyl sites for hydroxylation is 1. The third-order valence-electron chi connectivity index (χ3n) is 4.28. The van der Waals surface area contributed by atoms with Crippen molar-refractivity contribution in [2.45, 2.75) is 38.5 Å². The summed E-state index contributed by atoms with van der Waals surface area (Å²) in [6.07, 6.45) is 3.62. The van der Waals surface area contributed by atoms with Crippen LogP contribution in [0.4, 0.5) is 5.69 Å². The van der Waals surface area contributed by atoms with Crippen LogP contribution in [0.15, 0.2) is 18.2 Å². The van der Waals surface area contributed by atoms with Crippen molar-refractivity contribution in [3.05, 3.63) is 29.3 Å². The fraction of sp³-hybridized carbons (Fsp3) is 0.533. The van der Waals surface area contributed by atoms with Gasteiger partial charge in [-0.15, -0.1) is 0 Å². The van der Waals surface area contributed by atoms with Gasteiger partial charge in [-0.05, 0) is 37.8 Å². The average Bonchev–Trinajstić information content (AvgIpc) is 3.07. The Labute approximate surface area is 103 Å². The molecular formula is C15H19NO. The van der Waals surface area contributed by atoms with Crippen molar-refractivity contribution < 1.29 is 4.79 Å². The van der Waals surface area contributed by atoms with E-state index in [4.69, 9.17) is 0 Å². The Morgan fingerprint density at radius 3 is 2.76 bits per heavy atom. The summed E-state index contributed by atoms with van der Waals surface area (Å²) in [7, 11) is 1.90. The maximum Gasteiger partial charge on any atom is 0.237 e. The lowest BCUT2D eigenvalue weighted by molar-refractivity contribution is -0.122. The van der Waals surface area contributed by atoms with Crippen LogP contribution in [0.1, 0.15) is 37.3 Å². The molecule has 2 heteroatoms. The van der Waals surface area contributed by atoms with Gasteiger partial charge in [-0.3, -0.25) is 4.79 Å². The number of fused-ring (bicyclic) bond motifs is 1. The molecule has 2 nitrogen and oxygen atoms in total. The van der Waals surface area contributed by atoms with Crippen molar-refractivity contribution in [3.8, 4) is 0 Å². The summed E-state index contributed by atoms with van der Waals surface area (Å²) in [5, 5.41) is 0. The first-order chi connectivity index (χ1) is 8.02. The Morgan fingerprint density at radius 1 is 1.41 bits per heavy atom. The minimum atomic E-state index is -0.280. The van der Waals surface area contributed by atoms with E-state index in [1.54, 1.807) is 0 Å². The first-order valence-electron chi connectivity index (χ1n) is 6.41. The van der Waals surface area contributed by atoms with Crippen molar-refractivity contribution in [1.82, 2.24) is 0 Å². The third-order valence-corrected chi connectivity index (χ3v) is 4.28. The quantitative estimate of drug-likeness (QED) is 0.763. The zero-order chi connectivity index (χ0) is 12.2. The van der Waals surface area contributed by atoms with E-state index in [0.717, 1.165) is 18.0 Å². The minimum Gasteiger partial charge on any atom is -0.314 e. The van der Waals surface area contributed by atoms with E-state index in [2.05, 4.69) is 32.0 Å². The summed E-state index contributed by atoms with van der Waals surface area (Å²) < 4.78 is 0. The lowest BCUT2D eigenvalue weighted by Crippen LogP contribution is -2.36. The normalized spacial score (nSPS) is 27.5. The molecule has 0 bridgehead atoms. The highest BCUT2D eigenvalue weighted by atomic mass is 16.2. The molecule has 1 unspecified atom stereocenters. The third kappa shape index (κ3) is 1.50. The summed E-state index contributed by atoms with van der Waals surface area (Å²) in [6.45, 7) is 4.22. The lowest BCUT2D eigenvalue weighted by atomic mass is 9.78. The van der Waals surface area contributed by atoms with Crippen LogP contribution >= 0.6 is 0 Å². The fourth-order valence-corrected chi connectivity index (χ4v) is 3.08. The molecule has 1 aliphatic heterocycles. The van der Waals surface area contributed by atoms with Gasteiger partial charge in [0, 0.05) is 12.7 Å². The highest BCUT2D eigenvalue weighted by Gasteiger charge is 2.48. The van der Waals surface area contributed by atoms with Gasteiger partial charge in [-0.1, -0.05) is 30.5 Å². The summed E-state index contributed by atoms with van der Waals surface area (Å²) in [6, 6.07) is 6.37. The molecular weight excluding hydrogens is 210 g/mol. The standard InChI is InChI=1S/C15H19NO/c1-10-4-7-13-12(8-10)15(2,9-11-5-6-11)14(17)16(13)3/h4,7-8,11H,5-6,9H2,1-3H3. The molecule has 17 heavy (non-hydrogen) atoms. The monoisotopic (exact) mass is 229 g/mol. The largest absolute Gasteiger partial charge is 0.314 e. The van der Waals surface area contributed by atoms with E-state index in [0.29, 0.717) is 0 Å². The van der Waals surface area contributed by atoms with E-state index in [-0.39, 0.29) is 11.3 Å². The van der Waals surface area contributed by atoms with Gasteiger partial charge in [0.1, 0.15) is 0 Å². The molecule has 1 heterocycles. The van der Waals surface area contributed by atoms with Crippen molar-refractivity contribution in [2.75, 3.05) is 11.9 Å². The number of benzene rings is 1. The fourth-order valence-electron chi connectivity index (χ4n) is 3.08. The number of carbonyl (C=O) groups is 1. The molecule has 0 aromatic heterocycles. The van der Waals surface area contributed by atoms with Crippen molar-refractivity contribution >= 4 is 11.6 Å². The first kappa shape index (κ1) is 10.8. The number of nitrogens with zero attached hydrogens (tertiary/aromatic N) is 1. The number of anilines is 1. The van der Waals surface area contributed by atoms with Crippen LogP contribution in [0.2, 0.25) is 0 Å². The number of amides is 1. The SMILES string of the molecule is Cc1ccc2c(c1)C(C)(CC1CC1)C(=O)N2C. The van der Waals surface area contributed by atoms with Gasteiger partial charge in [0.2, 0.25) is 5.91 Å². The lowest BCUT2D eigenvalue weighted by Gasteiger charge is -2.23. The predicted octanol–water partition coefficient (Wildman–Crippen LogP) is 3.03. The molecule has 0 saturated heterocycles. The van der Waals surface area contributed by atoms with Gasteiger partial charge in [-0.25, -0.2) is 0 Å². The molecule has 0 spiro atoms. The van der Waals surface area contributed by atoms with Crippen LogP contribution in [0.3, 0.4) is 0 Å². The van der Waals surface area contributed by atoms with Gasteiger partial charge in [0.25, 0.3) is 0 Å². The molecule has 90 valence electrons. The van der Waals surface area contributed by atoms with Gasteiger partial charge in [0.05, 0.1) is 5.41 Å². The van der Waals surface area contributed by atoms with E-state index < -0.39 is 0 Å². The molecule has 1 aliphatic carbocycles. The Hall–Kier alpha value is -1.31. The molecule has 1 aromatic carbocycles. The van der Waals surface area contributed by atoms with Crippen LogP contribution in [-0.2, 0) is 10.2 Å². The van der Waals surface area contributed by atoms with E-state index in [1.165, 1.54) is 24.0 Å². The van der Waals surface area contributed by atoms with Crippen LogP contribution in [0, 0.1) is 12.8 Å². The smallest absolute Gasteiger partial charge is 0.237 e. The van der Waals surface area contributed by atoms with Gasteiger partial charge in [0.15, 0.2) is 0 Å². The van der Waals surface area contributed by atoms with Crippen molar-refractivity contribution in [2.24, 2.45) is 5.92 Å². The van der Waals surface area contributed by atoms with E-state index >= 15 is 0 Å². The second-order valence-corrected chi connectivity index (χ2v) is 5.86. The van der Waals surface area contributed by atoms with Gasteiger partial charge < -0.3 is 4.90 Å². The number of hydrogen-bond donors (Lipinski definition) is 0. The Kier molecular flexibility index (Phi) is 2.13. The van der Waals surface area contributed by atoms with E-state index in [1.807, 2.05) is 11.9 Å². The van der Waals surface area contributed by atoms with Crippen LogP contribution in [0.25, 0.3) is 0 Å². The Balaban J connectivity index is 2.10. The zero-order valence-corrected chi connectivity index (χ0v) is 10.8. The second kappa shape index (κ2) is 3.34. The molecule has 2 aliphatic rings. The molecule has 1 fully saturated rings.